The molecule has 0 radical (unpaired) electrons. The number of hydrogen-bond acceptors (Lipinski definition) is 3. The summed E-state index contributed by atoms with van der Waals surface area (Å²) < 4.78 is 0. The molecule has 0 atom stereocenters. The molecule has 0 bridgehead atoms. The zero-order valence-electron chi connectivity index (χ0n) is 14.2. The summed E-state index contributed by atoms with van der Waals surface area (Å²) in [5, 5.41) is 0. The van der Waals surface area contributed by atoms with E-state index >= 15 is 0 Å². The molecule has 2 aromatic rings. The predicted molar refractivity (Wildman–Crippen MR) is 99.7 cm³/mol. The lowest BCUT2D eigenvalue weighted by Crippen LogP contribution is -2.35. The average Bonchev–Trinajstić information content (AvgIpc) is 2.89. The van der Waals surface area contributed by atoms with Gasteiger partial charge in [-0.2, -0.15) is 0 Å². The molecule has 1 aliphatic heterocycles. The fourth-order valence-electron chi connectivity index (χ4n) is 3.05. The number of nitrogens with zero attached hydrogens (tertiary/aromatic N) is 2. The molecule has 0 saturated heterocycles. The van der Waals surface area contributed by atoms with Crippen molar-refractivity contribution in [1.82, 2.24) is 4.90 Å². The van der Waals surface area contributed by atoms with E-state index in [1.54, 1.807) is 6.08 Å². The monoisotopic (exact) mass is 332 g/mol. The van der Waals surface area contributed by atoms with Crippen LogP contribution < -0.4 is 4.90 Å². The molecular weight excluding hydrogens is 312 g/mol. The summed E-state index contributed by atoms with van der Waals surface area (Å²) in [5.74, 6) is -0.560. The Morgan fingerprint density at radius 2 is 1.56 bits per heavy atom. The third kappa shape index (κ3) is 2.98. The van der Waals surface area contributed by atoms with Crippen LogP contribution in [0, 0.1) is 0 Å². The molecule has 2 amide bonds. The van der Waals surface area contributed by atoms with Crippen molar-refractivity contribution in [3.63, 3.8) is 0 Å². The third-order valence-corrected chi connectivity index (χ3v) is 4.17. The maximum absolute atomic E-state index is 13.0. The third-order valence-electron chi connectivity index (χ3n) is 4.17. The van der Waals surface area contributed by atoms with E-state index in [0.717, 1.165) is 11.3 Å². The van der Waals surface area contributed by atoms with Crippen LogP contribution in [-0.4, -0.2) is 29.8 Å². The quantitative estimate of drug-likeness (QED) is 0.601. The van der Waals surface area contributed by atoms with Crippen LogP contribution >= 0.6 is 0 Å². The molecule has 0 saturated carbocycles. The van der Waals surface area contributed by atoms with E-state index in [-0.39, 0.29) is 18.4 Å². The first-order valence-electron chi connectivity index (χ1n) is 8.28. The largest absolute Gasteiger partial charge is 0.337 e. The first-order chi connectivity index (χ1) is 12.2. The highest BCUT2D eigenvalue weighted by Crippen LogP contribution is 2.33. The number of carbonyl (C=O) groups is 2. The van der Waals surface area contributed by atoms with Crippen molar-refractivity contribution in [2.24, 2.45) is 0 Å². The number of likely N-dealkylation sites (N-methyl/N-ethyl adjacent to an activating group) is 1. The smallest absolute Gasteiger partial charge is 0.278 e. The minimum atomic E-state index is -0.283. The molecule has 3 rings (SSSR count). The van der Waals surface area contributed by atoms with Gasteiger partial charge in [0.2, 0.25) is 0 Å². The van der Waals surface area contributed by atoms with Crippen LogP contribution in [0.25, 0.3) is 5.57 Å². The molecule has 0 aromatic heterocycles. The average molecular weight is 332 g/mol. The van der Waals surface area contributed by atoms with Gasteiger partial charge in [-0.3, -0.25) is 14.5 Å². The molecule has 0 aliphatic carbocycles. The highest BCUT2D eigenvalue weighted by molar-refractivity contribution is 6.36. The molecule has 0 unspecified atom stereocenters. The number of para-hydroxylation sites is 1. The van der Waals surface area contributed by atoms with Crippen LogP contribution in [0.3, 0.4) is 0 Å². The Kier molecular flexibility index (Phi) is 4.80. The molecule has 1 heterocycles. The first-order valence-corrected chi connectivity index (χ1v) is 8.28. The van der Waals surface area contributed by atoms with E-state index in [2.05, 4.69) is 6.58 Å². The lowest BCUT2D eigenvalue weighted by molar-refractivity contribution is -0.136. The van der Waals surface area contributed by atoms with Gasteiger partial charge in [0.15, 0.2) is 0 Å². The van der Waals surface area contributed by atoms with Gasteiger partial charge < -0.3 is 4.90 Å². The van der Waals surface area contributed by atoms with Crippen molar-refractivity contribution in [3.8, 4) is 0 Å². The fraction of sp³-hybridized carbons (Fsp3) is 0.143. The Hall–Kier alpha value is -3.14. The number of anilines is 1. The second kappa shape index (κ2) is 7.18. The first kappa shape index (κ1) is 16.7. The molecule has 4 heteroatoms. The van der Waals surface area contributed by atoms with E-state index in [1.165, 1.54) is 4.90 Å². The standard InChI is InChI=1S/C21H20N2O2/c1-3-15-23-20(24)18(16-11-7-5-8-12-16)19(21(23)25)22(4-2)17-13-9-6-10-14-17/h3,5-14H,1,4,15H2,2H3. The zero-order valence-corrected chi connectivity index (χ0v) is 14.2. The number of imide groups is 1. The van der Waals surface area contributed by atoms with Crippen molar-refractivity contribution in [1.29, 1.82) is 0 Å². The summed E-state index contributed by atoms with van der Waals surface area (Å²) in [4.78, 5) is 29.1. The van der Waals surface area contributed by atoms with Crippen LogP contribution in [0.4, 0.5) is 5.69 Å². The van der Waals surface area contributed by atoms with Gasteiger partial charge in [0.1, 0.15) is 5.70 Å². The topological polar surface area (TPSA) is 40.6 Å². The van der Waals surface area contributed by atoms with Gasteiger partial charge in [0, 0.05) is 18.8 Å². The SMILES string of the molecule is C=CCN1C(=O)C(c2ccccc2)=C(N(CC)c2ccccc2)C1=O. The van der Waals surface area contributed by atoms with Crippen molar-refractivity contribution in [2.45, 2.75) is 6.92 Å². The number of amides is 2. The minimum absolute atomic E-state index is 0.198. The van der Waals surface area contributed by atoms with Gasteiger partial charge in [-0.25, -0.2) is 0 Å². The molecule has 4 nitrogen and oxygen atoms in total. The molecule has 0 N–H and O–H groups in total. The fourth-order valence-corrected chi connectivity index (χ4v) is 3.05. The number of carbonyl (C=O) groups excluding carboxylic acids is 2. The second-order valence-corrected chi connectivity index (χ2v) is 5.68. The highest BCUT2D eigenvalue weighted by Gasteiger charge is 2.40. The van der Waals surface area contributed by atoms with E-state index < -0.39 is 0 Å². The Morgan fingerprint density at radius 1 is 0.960 bits per heavy atom. The Balaban J connectivity index is 2.19. The minimum Gasteiger partial charge on any atom is -0.337 e. The predicted octanol–water partition coefficient (Wildman–Crippen LogP) is 3.48. The van der Waals surface area contributed by atoms with Gasteiger partial charge in [-0.15, -0.1) is 6.58 Å². The summed E-state index contributed by atoms with van der Waals surface area (Å²) in [6, 6.07) is 19.0. The summed E-state index contributed by atoms with van der Waals surface area (Å²) >= 11 is 0. The van der Waals surface area contributed by atoms with Gasteiger partial charge in [-0.1, -0.05) is 54.6 Å². The van der Waals surface area contributed by atoms with E-state index in [4.69, 9.17) is 0 Å². The lowest BCUT2D eigenvalue weighted by Gasteiger charge is -2.24. The van der Waals surface area contributed by atoms with Gasteiger partial charge in [0.05, 0.1) is 5.57 Å². The van der Waals surface area contributed by atoms with Crippen molar-refractivity contribution < 1.29 is 9.59 Å². The molecule has 1 aliphatic rings. The molecule has 126 valence electrons. The van der Waals surface area contributed by atoms with Gasteiger partial charge in [0.25, 0.3) is 11.8 Å². The molecule has 25 heavy (non-hydrogen) atoms. The number of hydrogen-bond donors (Lipinski definition) is 0. The highest BCUT2D eigenvalue weighted by atomic mass is 16.2. The van der Waals surface area contributed by atoms with Crippen molar-refractivity contribution in [3.05, 3.63) is 84.6 Å². The zero-order chi connectivity index (χ0) is 17.8. The number of rotatable bonds is 6. The molecule has 2 aromatic carbocycles. The van der Waals surface area contributed by atoms with Crippen molar-refractivity contribution in [2.75, 3.05) is 18.0 Å². The summed E-state index contributed by atoms with van der Waals surface area (Å²) in [7, 11) is 0. The second-order valence-electron chi connectivity index (χ2n) is 5.68. The maximum atomic E-state index is 13.0. The number of benzene rings is 2. The van der Waals surface area contributed by atoms with Crippen LogP contribution in [0.5, 0.6) is 0 Å². The van der Waals surface area contributed by atoms with Crippen molar-refractivity contribution >= 4 is 23.1 Å². The lowest BCUT2D eigenvalue weighted by atomic mass is 10.0. The summed E-state index contributed by atoms with van der Waals surface area (Å²) in [6.07, 6.45) is 1.57. The van der Waals surface area contributed by atoms with Crippen LogP contribution in [0.1, 0.15) is 12.5 Å². The summed E-state index contributed by atoms with van der Waals surface area (Å²) in [5.41, 5.74) is 2.50. The summed E-state index contributed by atoms with van der Waals surface area (Å²) in [6.45, 7) is 6.41. The van der Waals surface area contributed by atoms with Gasteiger partial charge in [-0.05, 0) is 24.6 Å². The Labute approximate surface area is 147 Å². The van der Waals surface area contributed by atoms with Crippen LogP contribution in [0.2, 0.25) is 0 Å². The van der Waals surface area contributed by atoms with E-state index in [0.29, 0.717) is 17.8 Å². The van der Waals surface area contributed by atoms with Crippen LogP contribution in [-0.2, 0) is 9.59 Å². The van der Waals surface area contributed by atoms with E-state index in [1.807, 2.05) is 72.5 Å². The Bertz CT molecular complexity index is 825. The molecular formula is C21H20N2O2. The van der Waals surface area contributed by atoms with E-state index in [9.17, 15) is 9.59 Å². The molecule has 0 spiro atoms. The normalized spacial score (nSPS) is 14.2. The maximum Gasteiger partial charge on any atom is 0.278 e. The Morgan fingerprint density at radius 3 is 2.12 bits per heavy atom. The van der Waals surface area contributed by atoms with Crippen LogP contribution in [0.15, 0.2) is 79.0 Å². The molecule has 0 fully saturated rings. The van der Waals surface area contributed by atoms with Gasteiger partial charge >= 0.3 is 0 Å².